The number of rotatable bonds is 35. The van der Waals surface area contributed by atoms with Gasteiger partial charge in [0.25, 0.3) is 0 Å². The van der Waals surface area contributed by atoms with Crippen LogP contribution in [0.15, 0.2) is 60.8 Å². The Morgan fingerprint density at radius 3 is 1.67 bits per heavy atom. The largest absolute Gasteiger partial charge is 0.477 e. The number of aliphatic carboxylic acids is 1. The van der Waals surface area contributed by atoms with E-state index in [9.17, 15) is 19.5 Å². The highest BCUT2D eigenvalue weighted by molar-refractivity contribution is 5.72. The van der Waals surface area contributed by atoms with Crippen LogP contribution in [0.2, 0.25) is 0 Å². The summed E-state index contributed by atoms with van der Waals surface area (Å²) in [5, 5.41) is 9.58. The molecule has 0 saturated heterocycles. The van der Waals surface area contributed by atoms with Crippen molar-refractivity contribution in [2.24, 2.45) is 0 Å². The minimum absolute atomic E-state index is 0.0427. The third kappa shape index (κ3) is 32.9. The molecule has 0 heterocycles. The van der Waals surface area contributed by atoms with Crippen LogP contribution in [0.25, 0.3) is 0 Å². The quantitative estimate of drug-likeness (QED) is 0.0300. The van der Waals surface area contributed by atoms with Gasteiger partial charge in [-0.1, -0.05) is 120 Å². The molecule has 2 unspecified atom stereocenters. The summed E-state index contributed by atoms with van der Waals surface area (Å²) in [6, 6.07) is -0.621. The van der Waals surface area contributed by atoms with Gasteiger partial charge >= 0.3 is 17.9 Å². The average Bonchev–Trinajstić information content (AvgIpc) is 3.09. The van der Waals surface area contributed by atoms with Crippen molar-refractivity contribution in [3.05, 3.63) is 60.8 Å². The third-order valence-corrected chi connectivity index (χ3v) is 8.65. The summed E-state index contributed by atoms with van der Waals surface area (Å²) in [6.45, 7) is 4.52. The van der Waals surface area contributed by atoms with Gasteiger partial charge in [0.05, 0.1) is 34.4 Å². The van der Waals surface area contributed by atoms with E-state index in [-0.39, 0.29) is 42.7 Å². The Labute approximate surface area is 318 Å². The second-order valence-electron chi connectivity index (χ2n) is 14.5. The number of carboxylic acids is 1. The van der Waals surface area contributed by atoms with Crippen molar-refractivity contribution >= 4 is 17.9 Å². The van der Waals surface area contributed by atoms with Crippen LogP contribution >= 0.6 is 0 Å². The van der Waals surface area contributed by atoms with Crippen LogP contribution in [0.1, 0.15) is 149 Å². The molecule has 0 aromatic carbocycles. The Balaban J connectivity index is 4.36. The van der Waals surface area contributed by atoms with Crippen LogP contribution in [0.3, 0.4) is 0 Å². The molecule has 298 valence electrons. The predicted molar refractivity (Wildman–Crippen MR) is 215 cm³/mol. The number of carboxylic acid groups (broad SMARTS) is 1. The first-order chi connectivity index (χ1) is 25.1. The number of allylic oxidation sites excluding steroid dienone is 10. The van der Waals surface area contributed by atoms with Gasteiger partial charge in [-0.15, -0.1) is 0 Å². The number of nitrogens with zero attached hydrogens (tertiary/aromatic N) is 1. The fourth-order valence-electron chi connectivity index (χ4n) is 5.50. The maximum atomic E-state index is 12.6. The number of quaternary nitrogens is 1. The summed E-state index contributed by atoms with van der Waals surface area (Å²) in [6.07, 6.45) is 41.3. The van der Waals surface area contributed by atoms with Crippen LogP contribution in [0, 0.1) is 0 Å². The minimum atomic E-state index is -0.884. The zero-order chi connectivity index (χ0) is 38.5. The third-order valence-electron chi connectivity index (χ3n) is 8.65. The zero-order valence-corrected chi connectivity index (χ0v) is 33.7. The van der Waals surface area contributed by atoms with E-state index in [2.05, 4.69) is 74.6 Å². The van der Waals surface area contributed by atoms with E-state index in [0.29, 0.717) is 19.3 Å². The summed E-state index contributed by atoms with van der Waals surface area (Å²) in [5.41, 5.74) is 0. The van der Waals surface area contributed by atoms with Crippen LogP contribution in [0.4, 0.5) is 0 Å². The van der Waals surface area contributed by atoms with E-state index in [1.165, 1.54) is 38.5 Å². The lowest BCUT2D eigenvalue weighted by Crippen LogP contribution is -2.50. The normalized spacial score (nSPS) is 13.6. The molecular weight excluding hydrogens is 654 g/mol. The summed E-state index contributed by atoms with van der Waals surface area (Å²) >= 11 is 0. The molecule has 8 nitrogen and oxygen atoms in total. The van der Waals surface area contributed by atoms with Gasteiger partial charge in [-0.2, -0.15) is 0 Å². The predicted octanol–water partition coefficient (Wildman–Crippen LogP) is 10.6. The van der Waals surface area contributed by atoms with Crippen molar-refractivity contribution in [2.75, 3.05) is 41.0 Å². The molecule has 0 aromatic heterocycles. The molecule has 0 spiro atoms. The number of carbonyl (C=O) groups excluding carboxylic acids is 2. The maximum Gasteiger partial charge on any atom is 0.362 e. The highest BCUT2D eigenvalue weighted by Crippen LogP contribution is 2.12. The number of unbranched alkanes of at least 4 members (excludes halogenated alkanes) is 11. The summed E-state index contributed by atoms with van der Waals surface area (Å²) in [5.74, 6) is -1.54. The summed E-state index contributed by atoms with van der Waals surface area (Å²) in [4.78, 5) is 36.8. The second kappa shape index (κ2) is 35.1. The molecule has 0 aliphatic heterocycles. The number of esters is 2. The topological polar surface area (TPSA) is 99.1 Å². The number of carbonyl (C=O) groups is 3. The molecule has 0 radical (unpaired) electrons. The molecule has 0 bridgehead atoms. The highest BCUT2D eigenvalue weighted by Gasteiger charge is 2.31. The van der Waals surface area contributed by atoms with Crippen molar-refractivity contribution in [1.82, 2.24) is 0 Å². The zero-order valence-electron chi connectivity index (χ0n) is 33.7. The summed E-state index contributed by atoms with van der Waals surface area (Å²) < 4.78 is 17.1. The number of hydrogen-bond donors (Lipinski definition) is 1. The minimum Gasteiger partial charge on any atom is -0.477 e. The van der Waals surface area contributed by atoms with Crippen LogP contribution < -0.4 is 0 Å². The van der Waals surface area contributed by atoms with Gasteiger partial charge in [0.15, 0.2) is 12.1 Å². The first kappa shape index (κ1) is 49.0. The number of ether oxygens (including phenoxy) is 3. The Bertz CT molecular complexity index is 1040. The van der Waals surface area contributed by atoms with Gasteiger partial charge in [0.2, 0.25) is 0 Å². The molecule has 0 fully saturated rings. The molecule has 0 amide bonds. The van der Waals surface area contributed by atoms with Gasteiger partial charge in [-0.05, 0) is 70.6 Å². The Morgan fingerprint density at radius 2 is 1.10 bits per heavy atom. The van der Waals surface area contributed by atoms with Gasteiger partial charge in [0, 0.05) is 19.3 Å². The first-order valence-electron chi connectivity index (χ1n) is 20.3. The van der Waals surface area contributed by atoms with E-state index in [1.54, 1.807) is 0 Å². The standard InChI is InChI=1S/C44H75NO7/c1-6-8-10-12-14-16-17-18-19-20-21-22-23-24-25-27-28-30-32-34-42(46)51-39-40(38-50-37-36-41(44(48)49)45(3,4)5)52-43(47)35-33-31-29-26-15-13-11-9-7-2/h8,10,14,16,18-19,21-22,26,29,40-41H,6-7,9,11-13,15,17,20,23-25,27-28,30-39H2,1-5H3/p+1/b10-8+,16-14+,19-18+,22-21+,29-26+. The fourth-order valence-corrected chi connectivity index (χ4v) is 5.50. The smallest absolute Gasteiger partial charge is 0.362 e. The molecule has 0 aliphatic carbocycles. The average molecular weight is 731 g/mol. The van der Waals surface area contributed by atoms with E-state index in [1.807, 2.05) is 21.1 Å². The van der Waals surface area contributed by atoms with Crippen molar-refractivity contribution in [2.45, 2.75) is 161 Å². The number of likely N-dealkylation sites (N-methyl/N-ethyl adjacent to an activating group) is 1. The lowest BCUT2D eigenvalue weighted by atomic mass is 10.1. The van der Waals surface area contributed by atoms with Crippen molar-refractivity contribution in [3.63, 3.8) is 0 Å². The van der Waals surface area contributed by atoms with E-state index < -0.39 is 18.1 Å². The number of hydrogen-bond acceptors (Lipinski definition) is 6. The molecule has 2 atom stereocenters. The fraction of sp³-hybridized carbons (Fsp3) is 0.705. The first-order valence-corrected chi connectivity index (χ1v) is 20.3. The molecular formula is C44H76NO7+. The molecule has 0 rings (SSSR count). The SMILES string of the molecule is CC/C=C/C/C=C/C/C=C/C/C=C/CCCCCCCCC(=O)OCC(COCCC(C(=O)O)[N+](C)(C)C)OC(=O)CCC/C=C/CCCCCC. The van der Waals surface area contributed by atoms with E-state index >= 15 is 0 Å². The van der Waals surface area contributed by atoms with Gasteiger partial charge in [-0.3, -0.25) is 9.59 Å². The lowest BCUT2D eigenvalue weighted by molar-refractivity contribution is -0.887. The van der Waals surface area contributed by atoms with Crippen LogP contribution in [-0.2, 0) is 28.6 Å². The molecule has 8 heteroatoms. The van der Waals surface area contributed by atoms with Gasteiger partial charge in [0.1, 0.15) is 6.61 Å². The molecule has 0 aromatic rings. The molecule has 0 aliphatic rings. The molecule has 1 N–H and O–H groups in total. The van der Waals surface area contributed by atoms with E-state index in [0.717, 1.165) is 70.6 Å². The Hall–Kier alpha value is -2.97. The van der Waals surface area contributed by atoms with Crippen molar-refractivity contribution in [3.8, 4) is 0 Å². The second-order valence-corrected chi connectivity index (χ2v) is 14.5. The molecule has 0 saturated carbocycles. The van der Waals surface area contributed by atoms with E-state index in [4.69, 9.17) is 14.2 Å². The Morgan fingerprint density at radius 1 is 0.596 bits per heavy atom. The molecule has 52 heavy (non-hydrogen) atoms. The van der Waals surface area contributed by atoms with Gasteiger partial charge < -0.3 is 23.8 Å². The highest BCUT2D eigenvalue weighted by atomic mass is 16.6. The monoisotopic (exact) mass is 731 g/mol. The van der Waals surface area contributed by atoms with Crippen LogP contribution in [0.5, 0.6) is 0 Å². The maximum absolute atomic E-state index is 12.6. The van der Waals surface area contributed by atoms with Crippen molar-refractivity contribution < 1.29 is 38.2 Å². The van der Waals surface area contributed by atoms with Crippen LogP contribution in [-0.4, -0.2) is 80.6 Å². The van der Waals surface area contributed by atoms with Crippen molar-refractivity contribution in [1.29, 1.82) is 0 Å². The van der Waals surface area contributed by atoms with Gasteiger partial charge in [-0.25, -0.2) is 4.79 Å². The lowest BCUT2D eigenvalue weighted by Gasteiger charge is -2.31. The Kier molecular flexibility index (Phi) is 33.1. The summed E-state index contributed by atoms with van der Waals surface area (Å²) in [7, 11) is 5.50.